The quantitative estimate of drug-likeness (QED) is 0.226. The molecule has 0 saturated carbocycles. The Kier molecular flexibility index (Phi) is 6.12. The van der Waals surface area contributed by atoms with Crippen LogP contribution >= 0.6 is 0 Å². The van der Waals surface area contributed by atoms with Gasteiger partial charge in [-0.1, -0.05) is 60.7 Å². The van der Waals surface area contributed by atoms with Gasteiger partial charge in [0.05, 0.1) is 0 Å². The molecule has 6 rings (SSSR count). The molecule has 0 heterocycles. The van der Waals surface area contributed by atoms with Crippen LogP contribution in [0.1, 0.15) is 11.1 Å². The second-order valence-electron chi connectivity index (χ2n) is 9.06. The third-order valence-corrected chi connectivity index (χ3v) is 6.29. The van der Waals surface area contributed by atoms with Gasteiger partial charge in [0.15, 0.2) is 0 Å². The average molecular weight is 497 g/mol. The summed E-state index contributed by atoms with van der Waals surface area (Å²) in [6.07, 6.45) is 4.11. The SMILES string of the molecule is Oc1ccc2cc(Oc3ccc(/C=C/c4ccc(Oc5ccc6cc(O)ccc6c5)cc4)cc3)ccc2c1. The Morgan fingerprint density at radius 1 is 0.368 bits per heavy atom. The molecule has 4 heteroatoms. The molecule has 6 aromatic rings. The van der Waals surface area contributed by atoms with Crippen LogP contribution in [0.2, 0.25) is 0 Å². The molecule has 6 aromatic carbocycles. The number of phenolic OH excluding ortho intramolecular Hbond substituents is 2. The van der Waals surface area contributed by atoms with Crippen molar-refractivity contribution in [2.45, 2.75) is 0 Å². The van der Waals surface area contributed by atoms with Crippen molar-refractivity contribution in [3.05, 3.63) is 132 Å². The topological polar surface area (TPSA) is 58.9 Å². The van der Waals surface area contributed by atoms with Gasteiger partial charge in [-0.05, 0) is 105 Å². The second-order valence-corrected chi connectivity index (χ2v) is 9.06. The van der Waals surface area contributed by atoms with Gasteiger partial charge in [0, 0.05) is 0 Å². The molecule has 0 radical (unpaired) electrons. The van der Waals surface area contributed by atoms with Gasteiger partial charge in [0.2, 0.25) is 0 Å². The Labute approximate surface area is 220 Å². The number of hydrogen-bond donors (Lipinski definition) is 2. The lowest BCUT2D eigenvalue weighted by atomic mass is 10.1. The van der Waals surface area contributed by atoms with Crippen molar-refractivity contribution in [1.82, 2.24) is 0 Å². The normalized spacial score (nSPS) is 11.3. The summed E-state index contributed by atoms with van der Waals surface area (Å²) in [4.78, 5) is 0. The van der Waals surface area contributed by atoms with E-state index in [1.54, 1.807) is 24.3 Å². The molecule has 0 aliphatic rings. The second kappa shape index (κ2) is 10.0. The highest BCUT2D eigenvalue weighted by Gasteiger charge is 2.03. The summed E-state index contributed by atoms with van der Waals surface area (Å²) in [5.41, 5.74) is 2.13. The summed E-state index contributed by atoms with van der Waals surface area (Å²) < 4.78 is 12.0. The number of benzene rings is 6. The lowest BCUT2D eigenvalue weighted by Gasteiger charge is -2.08. The van der Waals surface area contributed by atoms with Crippen molar-refractivity contribution in [3.8, 4) is 34.5 Å². The Balaban J connectivity index is 1.08. The summed E-state index contributed by atoms with van der Waals surface area (Å²) in [6.45, 7) is 0. The highest BCUT2D eigenvalue weighted by molar-refractivity contribution is 5.86. The Morgan fingerprint density at radius 2 is 0.711 bits per heavy atom. The summed E-state index contributed by atoms with van der Waals surface area (Å²) in [7, 11) is 0. The molecular weight excluding hydrogens is 472 g/mol. The zero-order valence-electron chi connectivity index (χ0n) is 20.4. The molecule has 4 nitrogen and oxygen atoms in total. The molecule has 0 unspecified atom stereocenters. The number of rotatable bonds is 6. The maximum atomic E-state index is 9.63. The van der Waals surface area contributed by atoms with E-state index in [2.05, 4.69) is 12.2 Å². The third kappa shape index (κ3) is 5.30. The molecule has 0 atom stereocenters. The number of ether oxygens (including phenoxy) is 2. The third-order valence-electron chi connectivity index (χ3n) is 6.29. The maximum absolute atomic E-state index is 9.63. The number of phenols is 2. The van der Waals surface area contributed by atoms with Gasteiger partial charge in [0.25, 0.3) is 0 Å². The van der Waals surface area contributed by atoms with Crippen LogP contribution in [0.15, 0.2) is 121 Å². The first kappa shape index (κ1) is 23.2. The largest absolute Gasteiger partial charge is 0.508 e. The van der Waals surface area contributed by atoms with Crippen LogP contribution in [-0.2, 0) is 0 Å². The summed E-state index contributed by atoms with van der Waals surface area (Å²) in [5, 5.41) is 23.2. The van der Waals surface area contributed by atoms with E-state index >= 15 is 0 Å². The van der Waals surface area contributed by atoms with Crippen molar-refractivity contribution >= 4 is 33.7 Å². The Hall–Kier alpha value is -5.22. The van der Waals surface area contributed by atoms with E-state index in [4.69, 9.17) is 9.47 Å². The molecule has 0 aliphatic carbocycles. The van der Waals surface area contributed by atoms with Crippen LogP contribution in [0.4, 0.5) is 0 Å². The molecule has 2 N–H and O–H groups in total. The highest BCUT2D eigenvalue weighted by atomic mass is 16.5. The van der Waals surface area contributed by atoms with Gasteiger partial charge in [0.1, 0.15) is 34.5 Å². The van der Waals surface area contributed by atoms with E-state index in [1.807, 2.05) is 97.1 Å². The first-order valence-corrected chi connectivity index (χ1v) is 12.3. The molecule has 0 bridgehead atoms. The molecule has 0 aliphatic heterocycles. The van der Waals surface area contributed by atoms with Crippen molar-refractivity contribution < 1.29 is 19.7 Å². The monoisotopic (exact) mass is 496 g/mol. The lowest BCUT2D eigenvalue weighted by molar-refractivity contribution is 0.475. The van der Waals surface area contributed by atoms with E-state index in [-0.39, 0.29) is 11.5 Å². The van der Waals surface area contributed by atoms with Crippen molar-refractivity contribution in [1.29, 1.82) is 0 Å². The van der Waals surface area contributed by atoms with Crippen molar-refractivity contribution in [2.24, 2.45) is 0 Å². The molecular formula is C34H24O4. The standard InChI is InChI=1S/C34H24O4/c35-29-11-7-27-21-33(17-9-25(27)19-29)37-31-13-3-23(4-14-31)1-2-24-5-15-32(16-6-24)38-34-18-10-26-20-30(36)12-8-28(26)22-34/h1-22,35-36H/b2-1+. The lowest BCUT2D eigenvalue weighted by Crippen LogP contribution is -1.85. The van der Waals surface area contributed by atoms with Crippen LogP contribution in [0, 0.1) is 0 Å². The predicted octanol–water partition coefficient (Wildman–Crippen LogP) is 9.16. The van der Waals surface area contributed by atoms with E-state index < -0.39 is 0 Å². The molecule has 0 fully saturated rings. The van der Waals surface area contributed by atoms with Crippen LogP contribution in [0.5, 0.6) is 34.5 Å². The summed E-state index contributed by atoms with van der Waals surface area (Å²) >= 11 is 0. The minimum absolute atomic E-state index is 0.253. The number of aromatic hydroxyl groups is 2. The van der Waals surface area contributed by atoms with E-state index in [9.17, 15) is 10.2 Å². The van der Waals surface area contributed by atoms with Gasteiger partial charge >= 0.3 is 0 Å². The molecule has 38 heavy (non-hydrogen) atoms. The van der Waals surface area contributed by atoms with Crippen LogP contribution in [0.25, 0.3) is 33.7 Å². The van der Waals surface area contributed by atoms with Gasteiger partial charge in [-0.25, -0.2) is 0 Å². The van der Waals surface area contributed by atoms with Crippen molar-refractivity contribution in [3.63, 3.8) is 0 Å². The molecule has 0 amide bonds. The first-order valence-electron chi connectivity index (χ1n) is 12.3. The highest BCUT2D eigenvalue weighted by Crippen LogP contribution is 2.29. The first-order chi connectivity index (χ1) is 18.6. The van der Waals surface area contributed by atoms with E-state index in [0.717, 1.165) is 55.7 Å². The molecule has 0 saturated heterocycles. The molecule has 0 aromatic heterocycles. The minimum atomic E-state index is 0.253. The van der Waals surface area contributed by atoms with Crippen LogP contribution < -0.4 is 9.47 Å². The molecule has 184 valence electrons. The van der Waals surface area contributed by atoms with Gasteiger partial charge in [-0.3, -0.25) is 0 Å². The zero-order valence-corrected chi connectivity index (χ0v) is 20.4. The maximum Gasteiger partial charge on any atom is 0.128 e. The van der Waals surface area contributed by atoms with Crippen LogP contribution in [-0.4, -0.2) is 10.2 Å². The Bertz CT molecular complexity index is 1640. The van der Waals surface area contributed by atoms with Crippen molar-refractivity contribution in [2.75, 3.05) is 0 Å². The molecule has 0 spiro atoms. The van der Waals surface area contributed by atoms with Gasteiger partial charge in [-0.2, -0.15) is 0 Å². The van der Waals surface area contributed by atoms with Gasteiger partial charge < -0.3 is 19.7 Å². The predicted molar refractivity (Wildman–Crippen MR) is 153 cm³/mol. The fourth-order valence-corrected chi connectivity index (χ4v) is 4.31. The zero-order chi connectivity index (χ0) is 25.9. The Morgan fingerprint density at radius 3 is 1.13 bits per heavy atom. The number of fused-ring (bicyclic) bond motifs is 2. The summed E-state index contributed by atoms with van der Waals surface area (Å²) in [6, 6.07) is 38.0. The number of hydrogen-bond acceptors (Lipinski definition) is 4. The van der Waals surface area contributed by atoms with Crippen LogP contribution in [0.3, 0.4) is 0 Å². The van der Waals surface area contributed by atoms with Gasteiger partial charge in [-0.15, -0.1) is 0 Å². The average Bonchev–Trinajstić information content (AvgIpc) is 2.94. The fraction of sp³-hybridized carbons (Fsp3) is 0. The fourth-order valence-electron chi connectivity index (χ4n) is 4.31. The summed E-state index contributed by atoms with van der Waals surface area (Å²) in [5.74, 6) is 3.51. The van der Waals surface area contributed by atoms with E-state index in [0.29, 0.717) is 0 Å². The smallest absolute Gasteiger partial charge is 0.128 e. The van der Waals surface area contributed by atoms with E-state index in [1.165, 1.54) is 0 Å². The minimum Gasteiger partial charge on any atom is -0.508 e.